The van der Waals surface area contributed by atoms with Crippen LogP contribution in [0.3, 0.4) is 0 Å². The third kappa shape index (κ3) is 4.36. The SMILES string of the molecule is CNC(=O)c1ccc(C[NH+](C)Cc2nnc(-c3ccccc3Br)o2)cc1. The van der Waals surface area contributed by atoms with Crippen molar-refractivity contribution < 1.29 is 14.1 Å². The summed E-state index contributed by atoms with van der Waals surface area (Å²) in [7, 11) is 3.69. The lowest BCUT2D eigenvalue weighted by Crippen LogP contribution is -3.06. The van der Waals surface area contributed by atoms with Crippen molar-refractivity contribution in [3.05, 3.63) is 70.0 Å². The van der Waals surface area contributed by atoms with E-state index in [4.69, 9.17) is 4.42 Å². The van der Waals surface area contributed by atoms with Gasteiger partial charge >= 0.3 is 0 Å². The highest BCUT2D eigenvalue weighted by Gasteiger charge is 2.15. The zero-order valence-corrected chi connectivity index (χ0v) is 16.2. The molecule has 1 unspecified atom stereocenters. The molecule has 0 bridgehead atoms. The van der Waals surface area contributed by atoms with Crippen LogP contribution in [0.2, 0.25) is 0 Å². The Kier molecular flexibility index (Phi) is 5.80. The first kappa shape index (κ1) is 18.3. The van der Waals surface area contributed by atoms with Gasteiger partial charge in [0.25, 0.3) is 11.8 Å². The van der Waals surface area contributed by atoms with Crippen molar-refractivity contribution >= 4 is 21.8 Å². The molecule has 1 amide bonds. The minimum Gasteiger partial charge on any atom is -0.415 e. The summed E-state index contributed by atoms with van der Waals surface area (Å²) >= 11 is 3.50. The van der Waals surface area contributed by atoms with E-state index < -0.39 is 0 Å². The molecular weight excluding hydrogens is 396 g/mol. The van der Waals surface area contributed by atoms with Gasteiger partial charge in [-0.15, -0.1) is 10.2 Å². The Bertz CT molecular complexity index is 893. The molecule has 0 aliphatic carbocycles. The molecular formula is C19H20BrN4O2+. The van der Waals surface area contributed by atoms with Gasteiger partial charge in [-0.25, -0.2) is 0 Å². The highest BCUT2D eigenvalue weighted by Crippen LogP contribution is 2.26. The van der Waals surface area contributed by atoms with Gasteiger partial charge in [0.05, 0.1) is 12.6 Å². The summed E-state index contributed by atoms with van der Waals surface area (Å²) in [4.78, 5) is 12.8. The lowest BCUT2D eigenvalue weighted by atomic mass is 10.1. The lowest BCUT2D eigenvalue weighted by molar-refractivity contribution is -0.909. The summed E-state index contributed by atoms with van der Waals surface area (Å²) in [5, 5.41) is 10.9. The number of quaternary nitrogens is 1. The Morgan fingerprint density at radius 2 is 1.85 bits per heavy atom. The Labute approximate surface area is 160 Å². The van der Waals surface area contributed by atoms with E-state index in [0.29, 0.717) is 23.9 Å². The molecule has 1 aromatic heterocycles. The number of benzene rings is 2. The van der Waals surface area contributed by atoms with E-state index >= 15 is 0 Å². The number of carbonyl (C=O) groups excluding carboxylic acids is 1. The van der Waals surface area contributed by atoms with Gasteiger partial charge in [-0.1, -0.05) is 24.3 Å². The van der Waals surface area contributed by atoms with E-state index in [1.54, 1.807) is 7.05 Å². The molecule has 2 aromatic carbocycles. The van der Waals surface area contributed by atoms with Crippen LogP contribution in [0, 0.1) is 0 Å². The maximum absolute atomic E-state index is 11.6. The minimum atomic E-state index is -0.0808. The Morgan fingerprint density at radius 3 is 2.54 bits per heavy atom. The second kappa shape index (κ2) is 8.25. The van der Waals surface area contributed by atoms with E-state index in [2.05, 4.69) is 38.5 Å². The first-order valence-corrected chi connectivity index (χ1v) is 9.05. The number of amides is 1. The van der Waals surface area contributed by atoms with E-state index in [-0.39, 0.29) is 5.91 Å². The van der Waals surface area contributed by atoms with Crippen LogP contribution in [0.15, 0.2) is 57.4 Å². The summed E-state index contributed by atoms with van der Waals surface area (Å²) in [5.74, 6) is 1.02. The Balaban J connectivity index is 1.63. The Morgan fingerprint density at radius 1 is 1.12 bits per heavy atom. The van der Waals surface area contributed by atoms with E-state index in [9.17, 15) is 4.79 Å². The first-order chi connectivity index (χ1) is 12.6. The van der Waals surface area contributed by atoms with Crippen molar-refractivity contribution in [1.82, 2.24) is 15.5 Å². The zero-order valence-electron chi connectivity index (χ0n) is 14.6. The summed E-state index contributed by atoms with van der Waals surface area (Å²) in [6.45, 7) is 1.41. The van der Waals surface area contributed by atoms with Gasteiger partial charge in [0.2, 0.25) is 5.89 Å². The van der Waals surface area contributed by atoms with Crippen molar-refractivity contribution in [3.63, 3.8) is 0 Å². The number of nitrogens with one attached hydrogen (secondary N) is 2. The summed E-state index contributed by atoms with van der Waals surface area (Å²) in [5.41, 5.74) is 2.68. The predicted octanol–water partition coefficient (Wildman–Crippen LogP) is 2.07. The fourth-order valence-electron chi connectivity index (χ4n) is 2.66. The van der Waals surface area contributed by atoms with Gasteiger partial charge in [-0.2, -0.15) is 0 Å². The number of rotatable bonds is 6. The number of nitrogens with zero attached hydrogens (tertiary/aromatic N) is 2. The van der Waals surface area contributed by atoms with Crippen LogP contribution < -0.4 is 10.2 Å². The van der Waals surface area contributed by atoms with Crippen LogP contribution in [0.5, 0.6) is 0 Å². The molecule has 1 heterocycles. The molecule has 0 spiro atoms. The van der Waals surface area contributed by atoms with Crippen LogP contribution in [0.25, 0.3) is 11.5 Å². The smallest absolute Gasteiger partial charge is 0.271 e. The van der Waals surface area contributed by atoms with Crippen LogP contribution in [0.4, 0.5) is 0 Å². The molecule has 0 saturated heterocycles. The number of halogens is 1. The fraction of sp³-hybridized carbons (Fsp3) is 0.211. The number of hydrogen-bond donors (Lipinski definition) is 2. The standard InChI is InChI=1S/C19H19BrN4O2/c1-21-18(25)14-9-7-13(8-10-14)11-24(2)12-17-22-23-19(26-17)15-5-3-4-6-16(15)20/h3-10H,11-12H2,1-2H3,(H,21,25)/p+1. The normalized spacial score (nSPS) is 12.0. The summed E-state index contributed by atoms with van der Waals surface area (Å²) in [6.07, 6.45) is 0. The maximum Gasteiger partial charge on any atom is 0.271 e. The summed E-state index contributed by atoms with van der Waals surface area (Å²) in [6, 6.07) is 15.4. The highest BCUT2D eigenvalue weighted by molar-refractivity contribution is 9.10. The molecule has 3 aromatic rings. The maximum atomic E-state index is 11.6. The molecule has 26 heavy (non-hydrogen) atoms. The van der Waals surface area contributed by atoms with Crippen molar-refractivity contribution in [2.24, 2.45) is 0 Å². The molecule has 0 aliphatic rings. The van der Waals surface area contributed by atoms with E-state index in [1.165, 1.54) is 4.90 Å². The lowest BCUT2D eigenvalue weighted by Gasteiger charge is -2.12. The Hall–Kier alpha value is -2.51. The van der Waals surface area contributed by atoms with Gasteiger partial charge in [0, 0.05) is 22.6 Å². The van der Waals surface area contributed by atoms with Crippen molar-refractivity contribution in [2.45, 2.75) is 13.1 Å². The number of hydrogen-bond acceptors (Lipinski definition) is 4. The fourth-order valence-corrected chi connectivity index (χ4v) is 3.11. The zero-order chi connectivity index (χ0) is 18.5. The second-order valence-corrected chi connectivity index (χ2v) is 6.92. The van der Waals surface area contributed by atoms with Crippen LogP contribution in [-0.2, 0) is 13.1 Å². The average molecular weight is 416 g/mol. The first-order valence-electron chi connectivity index (χ1n) is 8.26. The largest absolute Gasteiger partial charge is 0.415 e. The average Bonchev–Trinajstić information content (AvgIpc) is 3.10. The van der Waals surface area contributed by atoms with E-state index in [1.807, 2.05) is 48.5 Å². The van der Waals surface area contributed by atoms with Crippen molar-refractivity contribution in [2.75, 3.05) is 14.1 Å². The molecule has 3 rings (SSSR count). The van der Waals surface area contributed by atoms with Gasteiger partial charge in [-0.05, 0) is 40.2 Å². The molecule has 1 atom stereocenters. The van der Waals surface area contributed by atoms with Crippen LogP contribution >= 0.6 is 15.9 Å². The predicted molar refractivity (Wildman–Crippen MR) is 102 cm³/mol. The van der Waals surface area contributed by atoms with Gasteiger partial charge in [0.15, 0.2) is 6.54 Å². The topological polar surface area (TPSA) is 72.5 Å². The van der Waals surface area contributed by atoms with Crippen LogP contribution in [0.1, 0.15) is 21.8 Å². The number of carbonyl (C=O) groups is 1. The quantitative estimate of drug-likeness (QED) is 0.646. The molecule has 2 N–H and O–H groups in total. The van der Waals surface area contributed by atoms with Crippen molar-refractivity contribution in [1.29, 1.82) is 0 Å². The van der Waals surface area contributed by atoms with Crippen LogP contribution in [-0.4, -0.2) is 30.2 Å². The summed E-state index contributed by atoms with van der Waals surface area (Å²) < 4.78 is 6.72. The molecule has 0 radical (unpaired) electrons. The van der Waals surface area contributed by atoms with E-state index in [0.717, 1.165) is 22.1 Å². The molecule has 0 fully saturated rings. The van der Waals surface area contributed by atoms with Crippen molar-refractivity contribution in [3.8, 4) is 11.5 Å². The molecule has 0 aliphatic heterocycles. The molecule has 134 valence electrons. The van der Waals surface area contributed by atoms with Gasteiger partial charge in [0.1, 0.15) is 6.54 Å². The highest BCUT2D eigenvalue weighted by atomic mass is 79.9. The third-order valence-corrected chi connectivity index (χ3v) is 4.66. The number of aromatic nitrogens is 2. The molecule has 7 heteroatoms. The minimum absolute atomic E-state index is 0.0808. The van der Waals surface area contributed by atoms with Gasteiger partial charge in [-0.3, -0.25) is 4.79 Å². The van der Waals surface area contributed by atoms with Gasteiger partial charge < -0.3 is 14.6 Å². The third-order valence-electron chi connectivity index (χ3n) is 3.97. The molecule has 0 saturated carbocycles. The second-order valence-electron chi connectivity index (χ2n) is 6.07. The monoisotopic (exact) mass is 415 g/mol. The molecule has 6 nitrogen and oxygen atoms in total.